The van der Waals surface area contributed by atoms with Gasteiger partial charge in [0.15, 0.2) is 0 Å². The molecule has 0 aromatic heterocycles. The zero-order chi connectivity index (χ0) is 10.8. The normalized spacial score (nSPS) is 38.2. The van der Waals surface area contributed by atoms with Gasteiger partial charge in [-0.2, -0.15) is 0 Å². The van der Waals surface area contributed by atoms with Crippen molar-refractivity contribution in [2.75, 3.05) is 0 Å². The Hall–Kier alpha value is -0.0800. The first-order valence-electron chi connectivity index (χ1n) is 6.70. The maximum atomic E-state index is 5.68. The summed E-state index contributed by atoms with van der Waals surface area (Å²) >= 11 is 0. The Labute approximate surface area is 94.0 Å². The summed E-state index contributed by atoms with van der Waals surface area (Å²) < 4.78 is 0. The van der Waals surface area contributed by atoms with E-state index < -0.39 is 0 Å². The maximum Gasteiger partial charge on any atom is 0.0238 e. The van der Waals surface area contributed by atoms with Crippen LogP contribution in [0.25, 0.3) is 0 Å². The lowest BCUT2D eigenvalue weighted by Gasteiger charge is -2.29. The van der Waals surface area contributed by atoms with Gasteiger partial charge >= 0.3 is 0 Å². The van der Waals surface area contributed by atoms with Crippen LogP contribution in [-0.4, -0.2) is 6.04 Å². The minimum absolute atomic E-state index is 0.541. The largest absolute Gasteiger partial charge is 0.271 e. The molecule has 5 atom stereocenters. The summed E-state index contributed by atoms with van der Waals surface area (Å²) in [5.74, 6) is 9.47. The quantitative estimate of drug-likeness (QED) is 0.541. The van der Waals surface area contributed by atoms with Gasteiger partial charge < -0.3 is 0 Å². The highest BCUT2D eigenvalue weighted by molar-refractivity contribution is 4.92. The summed E-state index contributed by atoms with van der Waals surface area (Å²) in [5.41, 5.74) is 3.04. The molecule has 2 rings (SSSR count). The van der Waals surface area contributed by atoms with Gasteiger partial charge in [-0.1, -0.05) is 26.7 Å². The van der Waals surface area contributed by atoms with Crippen LogP contribution in [0, 0.1) is 23.7 Å². The van der Waals surface area contributed by atoms with Crippen molar-refractivity contribution in [1.82, 2.24) is 5.43 Å². The molecule has 2 heteroatoms. The lowest BCUT2D eigenvalue weighted by Crippen LogP contribution is -2.41. The Kier molecular flexibility index (Phi) is 3.68. The fraction of sp³-hybridized carbons (Fsp3) is 1.00. The highest BCUT2D eigenvalue weighted by Gasteiger charge is 2.40. The van der Waals surface area contributed by atoms with Crippen LogP contribution in [0.4, 0.5) is 0 Å². The number of nitrogens with two attached hydrogens (primary N) is 1. The molecule has 0 saturated heterocycles. The van der Waals surface area contributed by atoms with E-state index in [0.717, 1.165) is 17.8 Å². The van der Waals surface area contributed by atoms with Gasteiger partial charge in [-0.25, -0.2) is 0 Å². The standard InChI is InChI=1S/C13H26N2/c1-3-9(2)13(15-14)8-12-7-10-4-5-11(12)6-10/h9-13,15H,3-8,14H2,1-2H3. The predicted octanol–water partition coefficient (Wildman–Crippen LogP) is 2.69. The Balaban J connectivity index is 1.84. The summed E-state index contributed by atoms with van der Waals surface area (Å²) in [7, 11) is 0. The molecule has 5 unspecified atom stereocenters. The van der Waals surface area contributed by atoms with Crippen LogP contribution in [-0.2, 0) is 0 Å². The molecule has 2 saturated carbocycles. The van der Waals surface area contributed by atoms with Crippen LogP contribution in [0.1, 0.15) is 52.4 Å². The highest BCUT2D eigenvalue weighted by atomic mass is 15.2. The molecular formula is C13H26N2. The van der Waals surface area contributed by atoms with Crippen LogP contribution in [0.3, 0.4) is 0 Å². The van der Waals surface area contributed by atoms with Crippen LogP contribution in [0.15, 0.2) is 0 Å². The van der Waals surface area contributed by atoms with E-state index >= 15 is 0 Å². The second kappa shape index (κ2) is 4.84. The molecule has 3 N–H and O–H groups in total. The summed E-state index contributed by atoms with van der Waals surface area (Å²) in [4.78, 5) is 0. The summed E-state index contributed by atoms with van der Waals surface area (Å²) in [6, 6.07) is 0.541. The van der Waals surface area contributed by atoms with E-state index in [0.29, 0.717) is 12.0 Å². The van der Waals surface area contributed by atoms with Crippen LogP contribution >= 0.6 is 0 Å². The smallest absolute Gasteiger partial charge is 0.0238 e. The maximum absolute atomic E-state index is 5.68. The van der Waals surface area contributed by atoms with Gasteiger partial charge in [-0.05, 0) is 49.4 Å². The molecular weight excluding hydrogens is 184 g/mol. The molecule has 2 bridgehead atoms. The number of rotatable bonds is 5. The van der Waals surface area contributed by atoms with Crippen LogP contribution in [0.5, 0.6) is 0 Å². The minimum Gasteiger partial charge on any atom is -0.271 e. The van der Waals surface area contributed by atoms with E-state index in [-0.39, 0.29) is 0 Å². The van der Waals surface area contributed by atoms with Gasteiger partial charge in [0.1, 0.15) is 0 Å². The van der Waals surface area contributed by atoms with E-state index in [4.69, 9.17) is 5.84 Å². The Morgan fingerprint density at radius 2 is 2.13 bits per heavy atom. The number of fused-ring (bicyclic) bond motifs is 2. The first kappa shape index (κ1) is 11.4. The highest BCUT2D eigenvalue weighted by Crippen LogP contribution is 2.50. The van der Waals surface area contributed by atoms with Crippen molar-refractivity contribution in [2.45, 2.75) is 58.4 Å². The third kappa shape index (κ3) is 2.36. The molecule has 88 valence electrons. The zero-order valence-corrected chi connectivity index (χ0v) is 10.2. The van der Waals surface area contributed by atoms with Crippen molar-refractivity contribution in [1.29, 1.82) is 0 Å². The number of hydrogen-bond acceptors (Lipinski definition) is 2. The Morgan fingerprint density at radius 3 is 2.60 bits per heavy atom. The summed E-state index contributed by atoms with van der Waals surface area (Å²) in [6.45, 7) is 4.58. The van der Waals surface area contributed by atoms with Gasteiger partial charge in [0.25, 0.3) is 0 Å². The Morgan fingerprint density at radius 1 is 1.33 bits per heavy atom. The average molecular weight is 210 g/mol. The van der Waals surface area contributed by atoms with Gasteiger partial charge in [0.2, 0.25) is 0 Å². The number of nitrogens with one attached hydrogen (secondary N) is 1. The topological polar surface area (TPSA) is 38.0 Å². The fourth-order valence-electron chi connectivity index (χ4n) is 3.74. The first-order chi connectivity index (χ1) is 7.24. The van der Waals surface area contributed by atoms with Gasteiger partial charge in [-0.15, -0.1) is 0 Å². The lowest BCUT2D eigenvalue weighted by atomic mass is 9.81. The summed E-state index contributed by atoms with van der Waals surface area (Å²) in [6.07, 6.45) is 8.54. The SMILES string of the molecule is CCC(C)C(CC1CC2CCC1C2)NN. The molecule has 0 aliphatic heterocycles. The molecule has 2 fully saturated rings. The van der Waals surface area contributed by atoms with E-state index in [1.165, 1.54) is 38.5 Å². The van der Waals surface area contributed by atoms with Crippen molar-refractivity contribution >= 4 is 0 Å². The van der Waals surface area contributed by atoms with Crippen molar-refractivity contribution in [2.24, 2.45) is 29.5 Å². The predicted molar refractivity (Wildman–Crippen MR) is 64.1 cm³/mol. The summed E-state index contributed by atoms with van der Waals surface area (Å²) in [5, 5.41) is 0. The van der Waals surface area contributed by atoms with E-state index in [1.54, 1.807) is 0 Å². The van der Waals surface area contributed by atoms with Crippen LogP contribution < -0.4 is 11.3 Å². The molecule has 0 aromatic carbocycles. The number of hydrazine groups is 1. The van der Waals surface area contributed by atoms with Gasteiger partial charge in [-0.3, -0.25) is 11.3 Å². The molecule has 0 amide bonds. The molecule has 2 aliphatic rings. The monoisotopic (exact) mass is 210 g/mol. The van der Waals surface area contributed by atoms with E-state index in [9.17, 15) is 0 Å². The molecule has 2 aliphatic carbocycles. The second-order valence-electron chi connectivity index (χ2n) is 5.83. The molecule has 0 spiro atoms. The third-order valence-electron chi connectivity index (χ3n) is 4.99. The Bertz CT molecular complexity index is 205. The van der Waals surface area contributed by atoms with E-state index in [1.807, 2.05) is 0 Å². The minimum atomic E-state index is 0.541. The zero-order valence-electron chi connectivity index (χ0n) is 10.2. The van der Waals surface area contributed by atoms with Crippen molar-refractivity contribution in [3.05, 3.63) is 0 Å². The molecule has 0 heterocycles. The fourth-order valence-corrected chi connectivity index (χ4v) is 3.74. The second-order valence-corrected chi connectivity index (χ2v) is 5.83. The average Bonchev–Trinajstić information content (AvgIpc) is 2.86. The third-order valence-corrected chi connectivity index (χ3v) is 4.99. The molecule has 0 radical (unpaired) electrons. The number of hydrogen-bond donors (Lipinski definition) is 2. The van der Waals surface area contributed by atoms with Crippen molar-refractivity contribution in [3.63, 3.8) is 0 Å². The first-order valence-corrected chi connectivity index (χ1v) is 6.70. The van der Waals surface area contributed by atoms with E-state index in [2.05, 4.69) is 19.3 Å². The molecule has 15 heavy (non-hydrogen) atoms. The van der Waals surface area contributed by atoms with Crippen LogP contribution in [0.2, 0.25) is 0 Å². The van der Waals surface area contributed by atoms with Crippen molar-refractivity contribution in [3.8, 4) is 0 Å². The molecule has 0 aromatic rings. The molecule has 2 nitrogen and oxygen atoms in total. The van der Waals surface area contributed by atoms with Gasteiger partial charge in [0, 0.05) is 6.04 Å². The van der Waals surface area contributed by atoms with Gasteiger partial charge in [0.05, 0.1) is 0 Å². The lowest BCUT2D eigenvalue weighted by molar-refractivity contribution is 0.241. The van der Waals surface area contributed by atoms with Crippen molar-refractivity contribution < 1.29 is 0 Å².